The molecule has 2 aromatic rings. The molecule has 0 radical (unpaired) electrons. The summed E-state index contributed by atoms with van der Waals surface area (Å²) in [4.78, 5) is 0. The van der Waals surface area contributed by atoms with Gasteiger partial charge in [-0.1, -0.05) is 87.6 Å². The number of nitrogens with zero attached hydrogens (tertiary/aromatic N) is 1. The quantitative estimate of drug-likeness (QED) is 0.613. The molecule has 0 aliphatic heterocycles. The highest BCUT2D eigenvalue weighted by Crippen LogP contribution is 2.50. The maximum Gasteiger partial charge on any atom is 0.108 e. The Morgan fingerprint density at radius 3 is 1.91 bits per heavy atom. The molecule has 2 aromatic carbocycles. The molecule has 0 saturated carbocycles. The molecular weight excluding hydrogens is 266 g/mol. The first-order valence-corrected chi connectivity index (χ1v) is 8.44. The molecule has 0 unspecified atom stereocenters. The Hall–Kier alpha value is -2.07. The van der Waals surface area contributed by atoms with Crippen LogP contribution in [0.4, 0.5) is 0 Å². The average Bonchev–Trinajstić information content (AvgIpc) is 2.86. The number of rotatable bonds is 6. The topological polar surface area (TPSA) is 23.8 Å². The molecule has 0 amide bonds. The molecule has 0 heterocycles. The molecule has 1 heteroatoms. The number of hydrogen-bond acceptors (Lipinski definition) is 1. The number of unbranched alkanes of at least 4 members (excludes halogenated alkanes) is 4. The van der Waals surface area contributed by atoms with E-state index in [1.165, 1.54) is 47.9 Å². The summed E-state index contributed by atoms with van der Waals surface area (Å²) in [5.74, 6) is 0. The third-order valence-corrected chi connectivity index (χ3v) is 4.91. The Morgan fingerprint density at radius 2 is 1.36 bits per heavy atom. The summed E-state index contributed by atoms with van der Waals surface area (Å²) in [6, 6.07) is 19.6. The van der Waals surface area contributed by atoms with Gasteiger partial charge in [0, 0.05) is 0 Å². The van der Waals surface area contributed by atoms with Crippen LogP contribution in [-0.4, -0.2) is 0 Å². The summed E-state index contributed by atoms with van der Waals surface area (Å²) in [6.07, 6.45) is 7.11. The highest BCUT2D eigenvalue weighted by Gasteiger charge is 2.42. The van der Waals surface area contributed by atoms with Gasteiger partial charge in [0.25, 0.3) is 0 Å². The molecule has 0 saturated heterocycles. The fraction of sp³-hybridized carbons (Fsp3) is 0.381. The second-order valence-corrected chi connectivity index (χ2v) is 6.27. The van der Waals surface area contributed by atoms with E-state index in [9.17, 15) is 5.26 Å². The van der Waals surface area contributed by atoms with Crippen molar-refractivity contribution in [3.05, 3.63) is 59.7 Å². The van der Waals surface area contributed by atoms with E-state index in [2.05, 4.69) is 61.5 Å². The van der Waals surface area contributed by atoms with E-state index in [0.717, 1.165) is 12.8 Å². The van der Waals surface area contributed by atoms with Crippen molar-refractivity contribution in [2.24, 2.45) is 0 Å². The Balaban J connectivity index is 1.95. The number of nitriles is 1. The molecule has 1 nitrogen and oxygen atoms in total. The van der Waals surface area contributed by atoms with E-state index in [-0.39, 0.29) is 0 Å². The standard InChI is InChI=1S/C21H23N/c1-2-3-4-5-10-15-21(16-22)19-13-8-6-11-17(19)18-12-7-9-14-20(18)21/h6-9,11-14H,2-5,10,15H2,1H3. The van der Waals surface area contributed by atoms with Crippen molar-refractivity contribution in [1.29, 1.82) is 5.26 Å². The lowest BCUT2D eigenvalue weighted by Gasteiger charge is -2.24. The smallest absolute Gasteiger partial charge is 0.108 e. The van der Waals surface area contributed by atoms with Crippen molar-refractivity contribution in [2.75, 3.05) is 0 Å². The van der Waals surface area contributed by atoms with E-state index in [0.29, 0.717) is 0 Å². The molecule has 0 bridgehead atoms. The molecule has 0 atom stereocenters. The van der Waals surface area contributed by atoms with Gasteiger partial charge in [-0.2, -0.15) is 5.26 Å². The van der Waals surface area contributed by atoms with Crippen molar-refractivity contribution in [3.63, 3.8) is 0 Å². The second kappa shape index (κ2) is 6.36. The van der Waals surface area contributed by atoms with E-state index < -0.39 is 5.41 Å². The summed E-state index contributed by atoms with van der Waals surface area (Å²) in [5.41, 5.74) is 4.45. The first-order chi connectivity index (χ1) is 10.8. The van der Waals surface area contributed by atoms with Crippen LogP contribution in [0, 0.1) is 11.3 Å². The lowest BCUT2D eigenvalue weighted by molar-refractivity contribution is 0.530. The van der Waals surface area contributed by atoms with Crippen LogP contribution >= 0.6 is 0 Å². The van der Waals surface area contributed by atoms with E-state index in [1.54, 1.807) is 0 Å². The predicted molar refractivity (Wildman–Crippen MR) is 91.6 cm³/mol. The highest BCUT2D eigenvalue weighted by molar-refractivity contribution is 5.82. The third-order valence-electron chi connectivity index (χ3n) is 4.91. The van der Waals surface area contributed by atoms with Gasteiger partial charge in [0.15, 0.2) is 0 Å². The van der Waals surface area contributed by atoms with Crippen molar-refractivity contribution in [2.45, 2.75) is 50.9 Å². The Labute approximate surface area is 133 Å². The zero-order valence-corrected chi connectivity index (χ0v) is 13.3. The molecule has 3 rings (SSSR count). The van der Waals surface area contributed by atoms with Crippen LogP contribution in [0.3, 0.4) is 0 Å². The van der Waals surface area contributed by atoms with Crippen LogP contribution in [0.1, 0.15) is 56.6 Å². The monoisotopic (exact) mass is 289 g/mol. The zero-order chi connectivity index (χ0) is 15.4. The van der Waals surface area contributed by atoms with Crippen LogP contribution in [-0.2, 0) is 5.41 Å². The van der Waals surface area contributed by atoms with Crippen LogP contribution in [0.25, 0.3) is 11.1 Å². The van der Waals surface area contributed by atoms with Crippen molar-refractivity contribution < 1.29 is 0 Å². The fourth-order valence-electron chi connectivity index (χ4n) is 3.76. The minimum atomic E-state index is -0.445. The Morgan fingerprint density at radius 1 is 0.818 bits per heavy atom. The third kappa shape index (κ3) is 2.33. The largest absolute Gasteiger partial charge is 0.197 e. The van der Waals surface area contributed by atoms with Gasteiger partial charge in [-0.25, -0.2) is 0 Å². The number of hydrogen-bond donors (Lipinski definition) is 0. The lowest BCUT2D eigenvalue weighted by atomic mass is 9.75. The lowest BCUT2D eigenvalue weighted by Crippen LogP contribution is -2.22. The average molecular weight is 289 g/mol. The van der Waals surface area contributed by atoms with Crippen molar-refractivity contribution in [3.8, 4) is 17.2 Å². The Kier molecular flexibility index (Phi) is 4.29. The molecule has 1 aliphatic carbocycles. The fourth-order valence-corrected chi connectivity index (χ4v) is 3.76. The molecule has 22 heavy (non-hydrogen) atoms. The van der Waals surface area contributed by atoms with Gasteiger partial charge in [-0.05, 0) is 28.7 Å². The van der Waals surface area contributed by atoms with Crippen LogP contribution in [0.2, 0.25) is 0 Å². The molecule has 112 valence electrons. The van der Waals surface area contributed by atoms with Gasteiger partial charge in [0.2, 0.25) is 0 Å². The first-order valence-electron chi connectivity index (χ1n) is 8.44. The number of fused-ring (bicyclic) bond motifs is 3. The van der Waals surface area contributed by atoms with Crippen LogP contribution in [0.15, 0.2) is 48.5 Å². The molecule has 0 aromatic heterocycles. The molecule has 0 spiro atoms. The van der Waals surface area contributed by atoms with Gasteiger partial charge in [-0.3, -0.25) is 0 Å². The summed E-state index contributed by atoms with van der Waals surface area (Å²) >= 11 is 0. The second-order valence-electron chi connectivity index (χ2n) is 6.27. The van der Waals surface area contributed by atoms with Gasteiger partial charge >= 0.3 is 0 Å². The van der Waals surface area contributed by atoms with Crippen LogP contribution < -0.4 is 0 Å². The molecular formula is C21H23N. The maximum atomic E-state index is 10.1. The van der Waals surface area contributed by atoms with E-state index in [4.69, 9.17) is 0 Å². The van der Waals surface area contributed by atoms with Gasteiger partial charge in [-0.15, -0.1) is 0 Å². The molecule has 1 aliphatic rings. The van der Waals surface area contributed by atoms with Gasteiger partial charge in [0.05, 0.1) is 6.07 Å². The first kappa shape index (κ1) is 14.9. The summed E-state index contributed by atoms with van der Waals surface area (Å²) in [6.45, 7) is 2.24. The zero-order valence-electron chi connectivity index (χ0n) is 13.3. The SMILES string of the molecule is CCCCCCCC1(C#N)c2ccccc2-c2ccccc21. The predicted octanol–water partition coefficient (Wildman–Crippen LogP) is 5.84. The molecule has 0 N–H and O–H groups in total. The van der Waals surface area contributed by atoms with Gasteiger partial charge in [0.1, 0.15) is 5.41 Å². The summed E-state index contributed by atoms with van der Waals surface area (Å²) in [5, 5.41) is 10.1. The van der Waals surface area contributed by atoms with E-state index in [1.807, 2.05) is 0 Å². The van der Waals surface area contributed by atoms with Gasteiger partial charge < -0.3 is 0 Å². The maximum absolute atomic E-state index is 10.1. The normalized spacial score (nSPS) is 14.2. The van der Waals surface area contributed by atoms with E-state index >= 15 is 0 Å². The Bertz CT molecular complexity index is 648. The van der Waals surface area contributed by atoms with Crippen molar-refractivity contribution >= 4 is 0 Å². The summed E-state index contributed by atoms with van der Waals surface area (Å²) in [7, 11) is 0. The van der Waals surface area contributed by atoms with Crippen molar-refractivity contribution in [1.82, 2.24) is 0 Å². The number of benzene rings is 2. The minimum absolute atomic E-state index is 0.445. The summed E-state index contributed by atoms with van der Waals surface area (Å²) < 4.78 is 0. The van der Waals surface area contributed by atoms with Crippen LogP contribution in [0.5, 0.6) is 0 Å². The highest BCUT2D eigenvalue weighted by atomic mass is 14.5. The minimum Gasteiger partial charge on any atom is -0.197 e. The molecule has 0 fully saturated rings.